The van der Waals surface area contributed by atoms with E-state index in [0.717, 1.165) is 11.1 Å². The summed E-state index contributed by atoms with van der Waals surface area (Å²) in [6.45, 7) is 0.433. The Balaban J connectivity index is 1.57. The molecule has 172 valence electrons. The fourth-order valence-electron chi connectivity index (χ4n) is 3.01. The molecule has 0 aliphatic heterocycles. The highest BCUT2D eigenvalue weighted by atomic mass is 35.5. The Morgan fingerprint density at radius 2 is 1.35 bits per heavy atom. The Kier molecular flexibility index (Phi) is 7.85. The molecular weight excluding hydrogens is 497 g/mol. The van der Waals surface area contributed by atoms with Crippen molar-refractivity contribution in [3.63, 3.8) is 0 Å². The molecule has 0 spiro atoms. The SMILES string of the molecule is O=C(Nc1cncc(Cl)n1)c1cc(OCc2ccccc2Cl)cc(OCc2ccccc2Cl)c1. The van der Waals surface area contributed by atoms with Gasteiger partial charge in [-0.15, -0.1) is 0 Å². The van der Waals surface area contributed by atoms with Crippen LogP contribution in [0.15, 0.2) is 79.1 Å². The highest BCUT2D eigenvalue weighted by molar-refractivity contribution is 6.31. The second kappa shape index (κ2) is 11.2. The Morgan fingerprint density at radius 3 is 1.88 bits per heavy atom. The van der Waals surface area contributed by atoms with Crippen LogP contribution >= 0.6 is 34.8 Å². The van der Waals surface area contributed by atoms with Crippen molar-refractivity contribution in [3.05, 3.63) is 111 Å². The lowest BCUT2D eigenvalue weighted by atomic mass is 10.1. The van der Waals surface area contributed by atoms with Crippen molar-refractivity contribution in [1.82, 2.24) is 9.97 Å². The second-order valence-corrected chi connectivity index (χ2v) is 8.34. The number of carbonyl (C=O) groups is 1. The van der Waals surface area contributed by atoms with Gasteiger partial charge in [0.1, 0.15) is 29.9 Å². The molecule has 0 radical (unpaired) electrons. The number of aromatic nitrogens is 2. The lowest BCUT2D eigenvalue weighted by molar-refractivity contribution is 0.102. The molecule has 0 atom stereocenters. The molecule has 1 heterocycles. The van der Waals surface area contributed by atoms with Gasteiger partial charge in [0, 0.05) is 32.8 Å². The molecule has 1 N–H and O–H groups in total. The van der Waals surface area contributed by atoms with Crippen LogP contribution in [0.25, 0.3) is 0 Å². The smallest absolute Gasteiger partial charge is 0.257 e. The van der Waals surface area contributed by atoms with Crippen molar-refractivity contribution in [2.75, 3.05) is 5.32 Å². The molecule has 6 nitrogen and oxygen atoms in total. The van der Waals surface area contributed by atoms with E-state index in [4.69, 9.17) is 44.3 Å². The van der Waals surface area contributed by atoms with Crippen LogP contribution in [-0.2, 0) is 13.2 Å². The monoisotopic (exact) mass is 513 g/mol. The first kappa shape index (κ1) is 23.8. The Morgan fingerprint density at radius 1 is 0.794 bits per heavy atom. The maximum absolute atomic E-state index is 12.9. The molecule has 9 heteroatoms. The van der Waals surface area contributed by atoms with Crippen LogP contribution in [0.5, 0.6) is 11.5 Å². The van der Waals surface area contributed by atoms with Crippen molar-refractivity contribution in [2.24, 2.45) is 0 Å². The van der Waals surface area contributed by atoms with E-state index in [0.29, 0.717) is 27.1 Å². The summed E-state index contributed by atoms with van der Waals surface area (Å²) in [6, 6.07) is 19.6. The zero-order valence-corrected chi connectivity index (χ0v) is 19.9. The van der Waals surface area contributed by atoms with Gasteiger partial charge in [-0.1, -0.05) is 71.2 Å². The maximum Gasteiger partial charge on any atom is 0.257 e. The molecule has 0 fully saturated rings. The van der Waals surface area contributed by atoms with E-state index in [1.54, 1.807) is 30.3 Å². The Hall–Kier alpha value is -3.32. The van der Waals surface area contributed by atoms with Crippen LogP contribution in [0, 0.1) is 0 Å². The maximum atomic E-state index is 12.9. The number of nitrogens with zero attached hydrogens (tertiary/aromatic N) is 2. The van der Waals surface area contributed by atoms with Crippen LogP contribution in [0.1, 0.15) is 21.5 Å². The third-order valence-electron chi connectivity index (χ3n) is 4.69. The summed E-state index contributed by atoms with van der Waals surface area (Å²) in [5, 5.41) is 4.01. The zero-order valence-electron chi connectivity index (χ0n) is 17.7. The molecule has 4 rings (SSSR count). The molecular formula is C25H18Cl3N3O3. The van der Waals surface area contributed by atoms with E-state index in [-0.39, 0.29) is 24.2 Å². The van der Waals surface area contributed by atoms with Gasteiger partial charge in [-0.25, -0.2) is 4.98 Å². The normalized spacial score (nSPS) is 10.6. The van der Waals surface area contributed by atoms with E-state index in [9.17, 15) is 4.79 Å². The van der Waals surface area contributed by atoms with E-state index in [1.165, 1.54) is 12.4 Å². The summed E-state index contributed by atoms with van der Waals surface area (Å²) >= 11 is 18.3. The van der Waals surface area contributed by atoms with Gasteiger partial charge in [-0.3, -0.25) is 9.78 Å². The Labute approximate surface area is 211 Å². The number of benzene rings is 3. The van der Waals surface area contributed by atoms with Gasteiger partial charge in [-0.05, 0) is 24.3 Å². The van der Waals surface area contributed by atoms with Crippen LogP contribution in [0.4, 0.5) is 5.82 Å². The van der Waals surface area contributed by atoms with Gasteiger partial charge in [-0.2, -0.15) is 0 Å². The first-order valence-corrected chi connectivity index (χ1v) is 11.3. The lowest BCUT2D eigenvalue weighted by Gasteiger charge is -2.13. The second-order valence-electron chi connectivity index (χ2n) is 7.13. The third kappa shape index (κ3) is 6.38. The first-order valence-electron chi connectivity index (χ1n) is 10.1. The molecule has 1 amide bonds. The quantitative estimate of drug-likeness (QED) is 0.278. The zero-order chi connectivity index (χ0) is 23.9. The fourth-order valence-corrected chi connectivity index (χ4v) is 3.54. The van der Waals surface area contributed by atoms with Crippen molar-refractivity contribution in [2.45, 2.75) is 13.2 Å². The highest BCUT2D eigenvalue weighted by Gasteiger charge is 2.13. The highest BCUT2D eigenvalue weighted by Crippen LogP contribution is 2.27. The Bertz CT molecular complexity index is 1250. The van der Waals surface area contributed by atoms with E-state index in [1.807, 2.05) is 36.4 Å². The molecule has 0 aliphatic carbocycles. The minimum Gasteiger partial charge on any atom is -0.489 e. The number of carbonyl (C=O) groups excluding carboxylic acids is 1. The summed E-state index contributed by atoms with van der Waals surface area (Å²) < 4.78 is 11.9. The fraction of sp³-hybridized carbons (Fsp3) is 0.0800. The molecule has 0 aliphatic rings. The molecule has 0 saturated carbocycles. The van der Waals surface area contributed by atoms with Crippen LogP contribution in [0.2, 0.25) is 15.2 Å². The third-order valence-corrected chi connectivity index (χ3v) is 5.61. The predicted octanol–water partition coefficient (Wildman–Crippen LogP) is 6.85. The molecule has 1 aromatic heterocycles. The van der Waals surface area contributed by atoms with Gasteiger partial charge >= 0.3 is 0 Å². The van der Waals surface area contributed by atoms with E-state index in [2.05, 4.69) is 15.3 Å². The molecule has 34 heavy (non-hydrogen) atoms. The molecule has 0 bridgehead atoms. The number of hydrogen-bond donors (Lipinski definition) is 1. The number of halogens is 3. The average Bonchev–Trinajstić information content (AvgIpc) is 2.83. The number of hydrogen-bond acceptors (Lipinski definition) is 5. The molecule has 0 saturated heterocycles. The summed E-state index contributed by atoms with van der Waals surface area (Å²) in [7, 11) is 0. The molecule has 4 aromatic rings. The summed E-state index contributed by atoms with van der Waals surface area (Å²) in [6.07, 6.45) is 2.78. The lowest BCUT2D eigenvalue weighted by Crippen LogP contribution is -2.14. The topological polar surface area (TPSA) is 73.3 Å². The number of anilines is 1. The summed E-state index contributed by atoms with van der Waals surface area (Å²) in [5.41, 5.74) is 1.92. The van der Waals surface area contributed by atoms with Gasteiger partial charge in [0.05, 0.1) is 12.4 Å². The van der Waals surface area contributed by atoms with Crippen LogP contribution in [-0.4, -0.2) is 15.9 Å². The molecule has 3 aromatic carbocycles. The minimum atomic E-state index is -0.428. The van der Waals surface area contributed by atoms with Crippen LogP contribution < -0.4 is 14.8 Å². The largest absolute Gasteiger partial charge is 0.489 e. The number of nitrogens with one attached hydrogen (secondary N) is 1. The van der Waals surface area contributed by atoms with Gasteiger partial charge < -0.3 is 14.8 Å². The van der Waals surface area contributed by atoms with E-state index < -0.39 is 5.91 Å². The predicted molar refractivity (Wildman–Crippen MR) is 133 cm³/mol. The summed E-state index contributed by atoms with van der Waals surface area (Å²) in [4.78, 5) is 20.9. The van der Waals surface area contributed by atoms with Crippen molar-refractivity contribution < 1.29 is 14.3 Å². The first-order chi connectivity index (χ1) is 16.5. The van der Waals surface area contributed by atoms with Crippen molar-refractivity contribution in [1.29, 1.82) is 0 Å². The van der Waals surface area contributed by atoms with Crippen LogP contribution in [0.3, 0.4) is 0 Å². The van der Waals surface area contributed by atoms with Gasteiger partial charge in [0.15, 0.2) is 5.82 Å². The number of rotatable bonds is 8. The van der Waals surface area contributed by atoms with Gasteiger partial charge in [0.2, 0.25) is 0 Å². The van der Waals surface area contributed by atoms with Gasteiger partial charge in [0.25, 0.3) is 5.91 Å². The molecule has 0 unspecified atom stereocenters. The standard InChI is InChI=1S/C25H18Cl3N3O3/c26-21-7-3-1-5-16(21)14-33-19-9-18(25(32)31-24-13-29-12-23(28)30-24)10-20(11-19)34-15-17-6-2-4-8-22(17)27/h1-13H,14-15H2,(H,30,31,32). The summed E-state index contributed by atoms with van der Waals surface area (Å²) in [5.74, 6) is 0.651. The average molecular weight is 515 g/mol. The number of amides is 1. The van der Waals surface area contributed by atoms with Crippen molar-refractivity contribution >= 4 is 46.5 Å². The number of ether oxygens (including phenoxy) is 2. The van der Waals surface area contributed by atoms with E-state index >= 15 is 0 Å². The van der Waals surface area contributed by atoms with Crippen molar-refractivity contribution in [3.8, 4) is 11.5 Å². The minimum absolute atomic E-state index is 0.165.